The van der Waals surface area contributed by atoms with Gasteiger partial charge >= 0.3 is 0 Å². The van der Waals surface area contributed by atoms with Crippen molar-refractivity contribution in [1.29, 1.82) is 0 Å². The zero-order valence-electron chi connectivity index (χ0n) is 16.2. The van der Waals surface area contributed by atoms with Crippen molar-refractivity contribution < 1.29 is 9.90 Å². The maximum absolute atomic E-state index is 12.8. The number of pyridine rings is 1. The van der Waals surface area contributed by atoms with Crippen molar-refractivity contribution in [1.82, 2.24) is 24.3 Å². The Balaban J connectivity index is 1.67. The number of imidazole rings is 2. The molecule has 7 nitrogen and oxygen atoms in total. The van der Waals surface area contributed by atoms with Gasteiger partial charge in [0.2, 0.25) is 0 Å². The average molecular weight is 389 g/mol. The van der Waals surface area contributed by atoms with E-state index >= 15 is 0 Å². The van der Waals surface area contributed by atoms with Crippen molar-refractivity contribution in [2.75, 3.05) is 6.61 Å². The zero-order valence-corrected chi connectivity index (χ0v) is 16.2. The molecule has 1 amide bonds. The number of aromatic nitrogens is 4. The molecule has 3 heterocycles. The van der Waals surface area contributed by atoms with E-state index < -0.39 is 0 Å². The van der Waals surface area contributed by atoms with Gasteiger partial charge in [-0.2, -0.15) is 0 Å². The summed E-state index contributed by atoms with van der Waals surface area (Å²) in [4.78, 5) is 21.9. The lowest BCUT2D eigenvalue weighted by molar-refractivity contribution is 0.0912. The van der Waals surface area contributed by atoms with Crippen molar-refractivity contribution in [3.8, 4) is 11.5 Å². The summed E-state index contributed by atoms with van der Waals surface area (Å²) in [6.07, 6.45) is 6.21. The summed E-state index contributed by atoms with van der Waals surface area (Å²) in [5.74, 6) is 0.305. The second-order valence-corrected chi connectivity index (χ2v) is 6.92. The van der Waals surface area contributed by atoms with Gasteiger partial charge in [0.1, 0.15) is 5.69 Å². The third-order valence-corrected chi connectivity index (χ3v) is 4.88. The quantitative estimate of drug-likeness (QED) is 0.509. The fourth-order valence-electron chi connectivity index (χ4n) is 3.27. The summed E-state index contributed by atoms with van der Waals surface area (Å²) in [6, 6.07) is 15.5. The van der Waals surface area contributed by atoms with Crippen LogP contribution >= 0.6 is 0 Å². The minimum Gasteiger partial charge on any atom is -0.394 e. The fourth-order valence-corrected chi connectivity index (χ4v) is 3.27. The minimum atomic E-state index is -0.301. The molecule has 29 heavy (non-hydrogen) atoms. The first-order valence-electron chi connectivity index (χ1n) is 9.64. The van der Waals surface area contributed by atoms with Crippen LogP contribution in [0.15, 0.2) is 67.3 Å². The van der Waals surface area contributed by atoms with Gasteiger partial charge in [-0.25, -0.2) is 9.97 Å². The van der Waals surface area contributed by atoms with Gasteiger partial charge in [0.15, 0.2) is 11.5 Å². The highest BCUT2D eigenvalue weighted by atomic mass is 16.3. The van der Waals surface area contributed by atoms with Gasteiger partial charge in [0, 0.05) is 18.9 Å². The number of carbonyl (C=O) groups excluding carboxylic acids is 1. The van der Waals surface area contributed by atoms with E-state index in [1.165, 1.54) is 5.56 Å². The summed E-state index contributed by atoms with van der Waals surface area (Å²) in [6.45, 7) is 2.52. The summed E-state index contributed by atoms with van der Waals surface area (Å²) >= 11 is 0. The second kappa shape index (κ2) is 8.28. The number of carbonyl (C=O) groups is 1. The molecule has 0 saturated carbocycles. The van der Waals surface area contributed by atoms with Crippen LogP contribution in [0.1, 0.15) is 29.4 Å². The third kappa shape index (κ3) is 3.90. The van der Waals surface area contributed by atoms with Crippen molar-refractivity contribution in [3.05, 3.63) is 78.5 Å². The van der Waals surface area contributed by atoms with E-state index in [0.717, 1.165) is 0 Å². The van der Waals surface area contributed by atoms with Gasteiger partial charge in [0.05, 0.1) is 24.5 Å². The maximum atomic E-state index is 12.8. The first-order valence-corrected chi connectivity index (χ1v) is 9.64. The summed E-state index contributed by atoms with van der Waals surface area (Å²) in [5.41, 5.74) is 2.89. The monoisotopic (exact) mass is 389 g/mol. The number of nitrogens with one attached hydrogen (secondary N) is 1. The van der Waals surface area contributed by atoms with Gasteiger partial charge in [-0.05, 0) is 24.1 Å². The van der Waals surface area contributed by atoms with Crippen LogP contribution in [0, 0.1) is 0 Å². The molecule has 3 aromatic heterocycles. The van der Waals surface area contributed by atoms with Crippen LogP contribution in [0.3, 0.4) is 0 Å². The standard InChI is InChI=1S/C22H23N5O2/c1-2-17(14-28)24-22(29)20-19-10-6-7-11-27(19)21(25-20)18-13-26(15-23-18)12-16-8-4-3-5-9-16/h3-11,13,15,17,28H,2,12,14H2,1H3,(H,24,29)/t17-/m0/s1. The van der Waals surface area contributed by atoms with Crippen molar-refractivity contribution >= 4 is 11.4 Å². The normalized spacial score (nSPS) is 12.2. The van der Waals surface area contributed by atoms with E-state index in [0.29, 0.717) is 35.7 Å². The molecule has 0 radical (unpaired) electrons. The molecule has 4 aromatic rings. The first kappa shape index (κ1) is 18.9. The molecule has 0 unspecified atom stereocenters. The van der Waals surface area contributed by atoms with Crippen LogP contribution in [0.25, 0.3) is 17.0 Å². The number of hydrogen-bond donors (Lipinski definition) is 2. The smallest absolute Gasteiger partial charge is 0.272 e. The Labute approximate surface area is 168 Å². The van der Waals surface area contributed by atoms with Crippen LogP contribution < -0.4 is 5.32 Å². The number of aliphatic hydroxyl groups excluding tert-OH is 1. The SMILES string of the molecule is CC[C@@H](CO)NC(=O)c1nc(-c2cn(Cc3ccccc3)cn2)n2ccccc12. The summed E-state index contributed by atoms with van der Waals surface area (Å²) < 4.78 is 3.86. The number of nitrogens with zero attached hydrogens (tertiary/aromatic N) is 4. The Morgan fingerprint density at radius 1 is 1.17 bits per heavy atom. The van der Waals surface area contributed by atoms with Gasteiger partial charge in [-0.3, -0.25) is 9.20 Å². The third-order valence-electron chi connectivity index (χ3n) is 4.88. The molecule has 0 aliphatic rings. The number of rotatable bonds is 7. The lowest BCUT2D eigenvalue weighted by atomic mass is 10.2. The molecule has 148 valence electrons. The highest BCUT2D eigenvalue weighted by molar-refractivity contribution is 6.00. The molecule has 0 bridgehead atoms. The van der Waals surface area contributed by atoms with Gasteiger partial charge < -0.3 is 15.0 Å². The van der Waals surface area contributed by atoms with Crippen LogP contribution in [0.2, 0.25) is 0 Å². The molecule has 1 atom stereocenters. The Bertz CT molecular complexity index is 1110. The lowest BCUT2D eigenvalue weighted by Crippen LogP contribution is -2.37. The molecule has 0 aliphatic heterocycles. The van der Waals surface area contributed by atoms with Crippen molar-refractivity contribution in [2.24, 2.45) is 0 Å². The van der Waals surface area contributed by atoms with Crippen molar-refractivity contribution in [2.45, 2.75) is 25.9 Å². The number of hydrogen-bond acceptors (Lipinski definition) is 4. The highest BCUT2D eigenvalue weighted by Crippen LogP contribution is 2.22. The number of amides is 1. The summed E-state index contributed by atoms with van der Waals surface area (Å²) in [5, 5.41) is 12.2. The Morgan fingerprint density at radius 2 is 1.97 bits per heavy atom. The largest absolute Gasteiger partial charge is 0.394 e. The van der Waals surface area contributed by atoms with Crippen LogP contribution in [0.4, 0.5) is 0 Å². The molecule has 2 N–H and O–H groups in total. The number of benzene rings is 1. The molecule has 0 aliphatic carbocycles. The van der Waals surface area contributed by atoms with Crippen LogP contribution in [0.5, 0.6) is 0 Å². The fraction of sp³-hybridized carbons (Fsp3) is 0.227. The topological polar surface area (TPSA) is 84.5 Å². The van der Waals surface area contributed by atoms with Gasteiger partial charge in [-0.1, -0.05) is 43.3 Å². The first-order chi connectivity index (χ1) is 14.2. The number of fused-ring (bicyclic) bond motifs is 1. The van der Waals surface area contributed by atoms with Crippen molar-refractivity contribution in [3.63, 3.8) is 0 Å². The minimum absolute atomic E-state index is 0.106. The second-order valence-electron chi connectivity index (χ2n) is 6.92. The summed E-state index contributed by atoms with van der Waals surface area (Å²) in [7, 11) is 0. The maximum Gasteiger partial charge on any atom is 0.272 e. The Morgan fingerprint density at radius 3 is 2.72 bits per heavy atom. The van der Waals surface area contributed by atoms with E-state index in [-0.39, 0.29) is 18.6 Å². The highest BCUT2D eigenvalue weighted by Gasteiger charge is 2.21. The van der Waals surface area contributed by atoms with Gasteiger partial charge in [0.25, 0.3) is 5.91 Å². The van der Waals surface area contributed by atoms with Gasteiger partial charge in [-0.15, -0.1) is 0 Å². The molecule has 4 rings (SSSR count). The van der Waals surface area contributed by atoms with E-state index in [1.807, 2.05) is 64.7 Å². The number of aliphatic hydroxyl groups is 1. The van der Waals surface area contributed by atoms with Crippen LogP contribution in [-0.2, 0) is 6.54 Å². The zero-order chi connectivity index (χ0) is 20.2. The van der Waals surface area contributed by atoms with E-state index in [2.05, 4.69) is 27.4 Å². The predicted molar refractivity (Wildman–Crippen MR) is 111 cm³/mol. The van der Waals surface area contributed by atoms with E-state index in [4.69, 9.17) is 0 Å². The average Bonchev–Trinajstić information content (AvgIpc) is 3.37. The molecular formula is C22H23N5O2. The molecular weight excluding hydrogens is 366 g/mol. The molecule has 0 fully saturated rings. The van der Waals surface area contributed by atoms with E-state index in [9.17, 15) is 9.90 Å². The lowest BCUT2D eigenvalue weighted by Gasteiger charge is -2.12. The predicted octanol–water partition coefficient (Wildman–Crippen LogP) is 2.75. The molecule has 0 saturated heterocycles. The Hall–Kier alpha value is -3.45. The van der Waals surface area contributed by atoms with E-state index in [1.54, 1.807) is 6.33 Å². The molecule has 0 spiro atoms. The van der Waals surface area contributed by atoms with Crippen LogP contribution in [-0.4, -0.2) is 42.6 Å². The molecule has 7 heteroatoms. The molecule has 1 aromatic carbocycles. The Kier molecular flexibility index (Phi) is 5.39.